The van der Waals surface area contributed by atoms with Crippen molar-refractivity contribution < 1.29 is 9.13 Å². The van der Waals surface area contributed by atoms with Gasteiger partial charge in [-0.2, -0.15) is 0 Å². The van der Waals surface area contributed by atoms with Crippen molar-refractivity contribution in [3.63, 3.8) is 0 Å². The Morgan fingerprint density at radius 2 is 1.86 bits per heavy atom. The van der Waals surface area contributed by atoms with E-state index in [1.807, 2.05) is 30.3 Å². The molecular weight excluding hydrogens is 393 g/mol. The molecule has 0 amide bonds. The molecule has 2 aromatic carbocycles. The van der Waals surface area contributed by atoms with Crippen LogP contribution in [0.15, 0.2) is 61.1 Å². The van der Waals surface area contributed by atoms with Gasteiger partial charge in [-0.1, -0.05) is 23.7 Å². The second-order valence-electron chi connectivity index (χ2n) is 6.26. The van der Waals surface area contributed by atoms with E-state index >= 15 is 0 Å². The highest BCUT2D eigenvalue weighted by atomic mass is 35.5. The van der Waals surface area contributed by atoms with Crippen molar-refractivity contribution in [1.29, 1.82) is 0 Å². The summed E-state index contributed by atoms with van der Waals surface area (Å²) in [6, 6.07) is 14.1. The van der Waals surface area contributed by atoms with Gasteiger partial charge in [0.1, 0.15) is 29.5 Å². The minimum absolute atomic E-state index is 0.0388. The van der Waals surface area contributed by atoms with Crippen molar-refractivity contribution in [2.75, 3.05) is 17.7 Å². The van der Waals surface area contributed by atoms with Gasteiger partial charge in [0.2, 0.25) is 0 Å². The van der Waals surface area contributed by atoms with E-state index < -0.39 is 5.82 Å². The van der Waals surface area contributed by atoms with E-state index in [4.69, 9.17) is 16.3 Å². The van der Waals surface area contributed by atoms with E-state index in [2.05, 4.69) is 25.6 Å². The fourth-order valence-electron chi connectivity index (χ4n) is 2.80. The van der Waals surface area contributed by atoms with Crippen LogP contribution in [-0.4, -0.2) is 22.1 Å². The predicted molar refractivity (Wildman–Crippen MR) is 112 cm³/mol. The molecule has 0 aliphatic carbocycles. The molecule has 0 atom stereocenters. The number of rotatable bonds is 6. The molecule has 2 N–H and O–H groups in total. The van der Waals surface area contributed by atoms with Crippen LogP contribution in [-0.2, 0) is 6.54 Å². The van der Waals surface area contributed by atoms with E-state index in [-0.39, 0.29) is 5.02 Å². The molecule has 0 aliphatic rings. The molecule has 0 saturated carbocycles. The third-order valence-corrected chi connectivity index (χ3v) is 4.63. The van der Waals surface area contributed by atoms with Gasteiger partial charge in [-0.05, 0) is 42.0 Å². The summed E-state index contributed by atoms with van der Waals surface area (Å²) in [7, 11) is 1.64. The van der Waals surface area contributed by atoms with Gasteiger partial charge in [0.25, 0.3) is 0 Å². The zero-order valence-corrected chi connectivity index (χ0v) is 16.2. The van der Waals surface area contributed by atoms with Gasteiger partial charge in [0.15, 0.2) is 0 Å². The van der Waals surface area contributed by atoms with Crippen LogP contribution in [0, 0.1) is 5.82 Å². The minimum atomic E-state index is -0.473. The molecule has 8 heteroatoms. The quantitative estimate of drug-likeness (QED) is 0.457. The number of ether oxygens (including phenoxy) is 1. The fraction of sp³-hybridized carbons (Fsp3) is 0.0952. The van der Waals surface area contributed by atoms with Crippen LogP contribution in [0.2, 0.25) is 5.02 Å². The van der Waals surface area contributed by atoms with Crippen LogP contribution in [0.1, 0.15) is 5.56 Å². The van der Waals surface area contributed by atoms with Crippen LogP contribution >= 0.6 is 11.6 Å². The maximum Gasteiger partial charge on any atom is 0.141 e. The number of anilines is 3. The SMILES string of the molecule is COc1ccc(CNc2cc3c(Nc4ccc(F)c(Cl)c4)ncnc3cn2)cc1. The number of hydrogen-bond donors (Lipinski definition) is 2. The first kappa shape index (κ1) is 18.9. The van der Waals surface area contributed by atoms with Crippen molar-refractivity contribution in [3.8, 4) is 5.75 Å². The molecular formula is C21H17ClFN5O. The van der Waals surface area contributed by atoms with Crippen LogP contribution in [0.5, 0.6) is 5.75 Å². The Morgan fingerprint density at radius 3 is 2.62 bits per heavy atom. The lowest BCUT2D eigenvalue weighted by atomic mass is 10.2. The Bertz CT molecular complexity index is 1150. The summed E-state index contributed by atoms with van der Waals surface area (Å²) in [5, 5.41) is 7.27. The zero-order valence-electron chi connectivity index (χ0n) is 15.5. The van der Waals surface area contributed by atoms with Gasteiger partial charge in [-0.15, -0.1) is 0 Å². The number of benzene rings is 2. The van der Waals surface area contributed by atoms with Crippen molar-refractivity contribution in [3.05, 3.63) is 77.5 Å². The molecule has 0 aliphatic heterocycles. The first-order valence-electron chi connectivity index (χ1n) is 8.82. The molecule has 2 heterocycles. The maximum absolute atomic E-state index is 13.4. The van der Waals surface area contributed by atoms with Crippen LogP contribution < -0.4 is 15.4 Å². The predicted octanol–water partition coefficient (Wildman–Crippen LogP) is 5.18. The average molecular weight is 410 g/mol. The lowest BCUT2D eigenvalue weighted by molar-refractivity contribution is 0.414. The average Bonchev–Trinajstić information content (AvgIpc) is 2.75. The Balaban J connectivity index is 1.57. The lowest BCUT2D eigenvalue weighted by Gasteiger charge is -2.11. The van der Waals surface area contributed by atoms with Gasteiger partial charge < -0.3 is 15.4 Å². The molecule has 0 spiro atoms. The normalized spacial score (nSPS) is 10.7. The fourth-order valence-corrected chi connectivity index (χ4v) is 2.98. The molecule has 0 unspecified atom stereocenters. The summed E-state index contributed by atoms with van der Waals surface area (Å²) in [5.41, 5.74) is 2.41. The zero-order chi connectivity index (χ0) is 20.2. The first-order valence-corrected chi connectivity index (χ1v) is 9.20. The smallest absolute Gasteiger partial charge is 0.141 e. The molecule has 0 radical (unpaired) electrons. The van der Waals surface area contributed by atoms with E-state index in [0.29, 0.717) is 29.4 Å². The summed E-state index contributed by atoms with van der Waals surface area (Å²) >= 11 is 5.87. The summed E-state index contributed by atoms with van der Waals surface area (Å²) < 4.78 is 18.6. The Morgan fingerprint density at radius 1 is 1.03 bits per heavy atom. The highest BCUT2D eigenvalue weighted by Gasteiger charge is 2.08. The number of hydrogen-bond acceptors (Lipinski definition) is 6. The molecule has 0 bridgehead atoms. The number of methoxy groups -OCH3 is 1. The molecule has 146 valence electrons. The standard InChI is InChI=1S/C21H17ClFN5O/c1-29-15-5-2-13(3-6-15)10-24-20-9-16-19(11-25-20)26-12-27-21(16)28-14-4-7-18(23)17(22)8-14/h2-9,11-12H,10H2,1H3,(H,24,25)(H,26,27,28). The van der Waals surface area contributed by atoms with Crippen LogP contribution in [0.4, 0.5) is 21.7 Å². The monoisotopic (exact) mass is 409 g/mol. The number of pyridine rings is 1. The Hall–Kier alpha value is -3.45. The van der Waals surface area contributed by atoms with Gasteiger partial charge in [0, 0.05) is 17.6 Å². The van der Waals surface area contributed by atoms with Crippen LogP contribution in [0.3, 0.4) is 0 Å². The summed E-state index contributed by atoms with van der Waals surface area (Å²) in [6.45, 7) is 0.604. The largest absolute Gasteiger partial charge is 0.497 e. The molecule has 29 heavy (non-hydrogen) atoms. The number of halogens is 2. The maximum atomic E-state index is 13.4. The molecule has 2 aromatic heterocycles. The molecule has 0 saturated heterocycles. The van der Waals surface area contributed by atoms with Crippen LogP contribution in [0.25, 0.3) is 10.9 Å². The van der Waals surface area contributed by atoms with E-state index in [9.17, 15) is 4.39 Å². The summed E-state index contributed by atoms with van der Waals surface area (Å²) in [6.07, 6.45) is 3.12. The molecule has 6 nitrogen and oxygen atoms in total. The first-order chi connectivity index (χ1) is 14.1. The Kier molecular flexibility index (Phi) is 5.39. The van der Waals surface area contributed by atoms with E-state index in [0.717, 1.165) is 16.7 Å². The van der Waals surface area contributed by atoms with Crippen molar-refractivity contribution in [2.24, 2.45) is 0 Å². The number of fused-ring (bicyclic) bond motifs is 1. The van der Waals surface area contributed by atoms with Crippen molar-refractivity contribution in [1.82, 2.24) is 15.0 Å². The van der Waals surface area contributed by atoms with Gasteiger partial charge in [0.05, 0.1) is 23.8 Å². The molecule has 4 rings (SSSR count). The lowest BCUT2D eigenvalue weighted by Crippen LogP contribution is -2.02. The minimum Gasteiger partial charge on any atom is -0.497 e. The third-order valence-electron chi connectivity index (χ3n) is 4.34. The summed E-state index contributed by atoms with van der Waals surface area (Å²) in [4.78, 5) is 13.0. The molecule has 0 fully saturated rings. The Labute approximate surface area is 171 Å². The van der Waals surface area contributed by atoms with E-state index in [1.165, 1.54) is 18.5 Å². The number of nitrogens with one attached hydrogen (secondary N) is 2. The second kappa shape index (κ2) is 8.28. The second-order valence-corrected chi connectivity index (χ2v) is 6.67. The van der Waals surface area contributed by atoms with Gasteiger partial charge >= 0.3 is 0 Å². The number of aromatic nitrogens is 3. The van der Waals surface area contributed by atoms with Crippen molar-refractivity contribution in [2.45, 2.75) is 6.54 Å². The molecule has 4 aromatic rings. The van der Waals surface area contributed by atoms with E-state index in [1.54, 1.807) is 19.4 Å². The van der Waals surface area contributed by atoms with Gasteiger partial charge in [-0.3, -0.25) is 0 Å². The highest BCUT2D eigenvalue weighted by Crippen LogP contribution is 2.27. The van der Waals surface area contributed by atoms with Gasteiger partial charge in [-0.25, -0.2) is 19.3 Å². The summed E-state index contributed by atoms with van der Waals surface area (Å²) in [5.74, 6) is 1.60. The third kappa shape index (κ3) is 4.35. The van der Waals surface area contributed by atoms with Crippen molar-refractivity contribution >= 4 is 39.8 Å². The highest BCUT2D eigenvalue weighted by molar-refractivity contribution is 6.31. The topological polar surface area (TPSA) is 72.0 Å². The number of nitrogens with zero attached hydrogens (tertiary/aromatic N) is 3.